The molecule has 0 aliphatic heterocycles. The van der Waals surface area contributed by atoms with E-state index in [2.05, 4.69) is 10.3 Å². The highest BCUT2D eigenvalue weighted by molar-refractivity contribution is 7.92. The van der Waals surface area contributed by atoms with Gasteiger partial charge >= 0.3 is 0 Å². The average Bonchev–Trinajstić information content (AvgIpc) is 2.88. The van der Waals surface area contributed by atoms with Crippen molar-refractivity contribution < 1.29 is 31.5 Å². The molecule has 2 aromatic carbocycles. The third-order valence-corrected chi connectivity index (χ3v) is 10.4. The van der Waals surface area contributed by atoms with Gasteiger partial charge in [0, 0.05) is 41.3 Å². The van der Waals surface area contributed by atoms with Crippen LogP contribution in [0.25, 0.3) is 0 Å². The van der Waals surface area contributed by atoms with Crippen molar-refractivity contribution >= 4 is 33.0 Å². The number of fused-ring (bicyclic) bond motifs is 2. The Labute approximate surface area is 216 Å². The van der Waals surface area contributed by atoms with E-state index >= 15 is 0 Å². The normalized spacial score (nSPS) is 26.9. The van der Waals surface area contributed by atoms with E-state index in [1.807, 2.05) is 6.92 Å². The largest absolute Gasteiger partial charge is 0.385 e. The molecule has 3 aliphatic carbocycles. The van der Waals surface area contributed by atoms with Gasteiger partial charge in [-0.25, -0.2) is 21.6 Å². The Morgan fingerprint density at radius 3 is 2.35 bits per heavy atom. The second-order valence-electron chi connectivity index (χ2n) is 9.63. The Morgan fingerprint density at radius 2 is 1.76 bits per heavy atom. The zero-order chi connectivity index (χ0) is 26.7. The van der Waals surface area contributed by atoms with Crippen molar-refractivity contribution in [1.29, 1.82) is 0 Å². The first kappa shape index (κ1) is 25.7. The molecule has 1 heterocycles. The smallest absolute Gasteiger partial charge is 0.255 e. The number of nitrogens with zero attached hydrogens (tertiary/aromatic N) is 1. The molecule has 194 valence electrons. The number of anilines is 1. The van der Waals surface area contributed by atoms with E-state index in [1.165, 1.54) is 12.1 Å². The second kappa shape index (κ2) is 9.11. The van der Waals surface area contributed by atoms with Crippen LogP contribution in [0.1, 0.15) is 35.7 Å². The summed E-state index contributed by atoms with van der Waals surface area (Å²) in [6.45, 7) is 1.99. The number of halogens is 4. The SMILES string of the molecule is CC1C2CC(S(=O)(=O)c3cc(C(=O)Nc4cc(F)c(F)c(F)c4)ccc3Cl)CC1C2(O)c1cccnc1. The summed E-state index contributed by atoms with van der Waals surface area (Å²) in [5.74, 6) is -5.98. The summed E-state index contributed by atoms with van der Waals surface area (Å²) in [7, 11) is -4.01. The van der Waals surface area contributed by atoms with Gasteiger partial charge in [0.2, 0.25) is 0 Å². The number of hydrogen-bond donors (Lipinski definition) is 2. The summed E-state index contributed by atoms with van der Waals surface area (Å²) in [6, 6.07) is 8.38. The standard InChI is InChI=1S/C26H22ClF3N2O4S/c1-13-18-10-17(11-19(13)26(18,34)15-3-2-6-31-12-15)37(35,36)23-7-14(4-5-20(23)27)25(33)32-16-8-21(28)24(30)22(29)9-16/h2-9,12-13,17-19,34H,10-11H2,1H3,(H,32,33). The van der Waals surface area contributed by atoms with Gasteiger partial charge in [-0.3, -0.25) is 9.78 Å². The van der Waals surface area contributed by atoms with Gasteiger partial charge in [0.05, 0.1) is 20.8 Å². The number of rotatable bonds is 5. The fourth-order valence-corrected chi connectivity index (χ4v) is 8.20. The molecular formula is C26H22ClF3N2O4S. The number of carbonyl (C=O) groups is 1. The topological polar surface area (TPSA) is 96.4 Å². The van der Waals surface area contributed by atoms with Crippen LogP contribution >= 0.6 is 11.6 Å². The summed E-state index contributed by atoms with van der Waals surface area (Å²) >= 11 is 6.24. The van der Waals surface area contributed by atoms with Gasteiger partial charge in [0.1, 0.15) is 0 Å². The molecule has 0 spiro atoms. The van der Waals surface area contributed by atoms with Crippen molar-refractivity contribution in [3.05, 3.63) is 88.5 Å². The van der Waals surface area contributed by atoms with E-state index in [4.69, 9.17) is 11.6 Å². The molecular weight excluding hydrogens is 529 g/mol. The van der Waals surface area contributed by atoms with Crippen LogP contribution in [0.4, 0.5) is 18.9 Å². The van der Waals surface area contributed by atoms with E-state index in [-0.39, 0.29) is 51.8 Å². The Hall–Kier alpha value is -2.95. The van der Waals surface area contributed by atoms with Crippen molar-refractivity contribution in [3.8, 4) is 0 Å². The third kappa shape index (κ3) is 4.11. The molecule has 3 fully saturated rings. The van der Waals surface area contributed by atoms with Crippen LogP contribution in [0.2, 0.25) is 5.02 Å². The first-order valence-electron chi connectivity index (χ1n) is 11.6. The Balaban J connectivity index is 1.40. The van der Waals surface area contributed by atoms with Gasteiger partial charge in [-0.15, -0.1) is 0 Å². The minimum absolute atomic E-state index is 0.0785. The molecule has 3 aliphatic rings. The lowest BCUT2D eigenvalue weighted by Crippen LogP contribution is -2.64. The zero-order valence-electron chi connectivity index (χ0n) is 19.5. The summed E-state index contributed by atoms with van der Waals surface area (Å²) in [4.78, 5) is 16.5. The van der Waals surface area contributed by atoms with Crippen LogP contribution in [-0.2, 0) is 15.4 Å². The monoisotopic (exact) mass is 550 g/mol. The van der Waals surface area contributed by atoms with E-state index in [1.54, 1.807) is 24.5 Å². The maximum atomic E-state index is 13.6. The predicted molar refractivity (Wildman–Crippen MR) is 130 cm³/mol. The Bertz CT molecular complexity index is 1470. The average molecular weight is 551 g/mol. The number of sulfone groups is 1. The molecule has 0 saturated heterocycles. The van der Waals surface area contributed by atoms with Crippen molar-refractivity contribution in [1.82, 2.24) is 4.98 Å². The minimum atomic E-state index is -4.01. The molecule has 1 amide bonds. The highest BCUT2D eigenvalue weighted by Gasteiger charge is 2.65. The van der Waals surface area contributed by atoms with Gasteiger partial charge in [-0.2, -0.15) is 0 Å². The number of nitrogens with one attached hydrogen (secondary N) is 1. The first-order chi connectivity index (χ1) is 17.4. The number of pyridine rings is 1. The van der Waals surface area contributed by atoms with Crippen LogP contribution < -0.4 is 5.32 Å². The lowest BCUT2D eigenvalue weighted by molar-refractivity contribution is -0.225. The molecule has 2 bridgehead atoms. The van der Waals surface area contributed by atoms with E-state index in [0.29, 0.717) is 17.7 Å². The predicted octanol–water partition coefficient (Wildman–Crippen LogP) is 5.11. The number of hydrogen-bond acceptors (Lipinski definition) is 5. The molecule has 1 aromatic heterocycles. The maximum absolute atomic E-state index is 13.6. The quantitative estimate of drug-likeness (QED) is 0.430. The number of carbonyl (C=O) groups excluding carboxylic acids is 1. The van der Waals surface area contributed by atoms with Gasteiger partial charge in [0.15, 0.2) is 27.3 Å². The lowest BCUT2D eigenvalue weighted by atomic mass is 9.46. The summed E-state index contributed by atoms with van der Waals surface area (Å²) in [6.07, 6.45) is 3.60. The van der Waals surface area contributed by atoms with E-state index in [9.17, 15) is 31.5 Å². The van der Waals surface area contributed by atoms with Gasteiger partial charge in [-0.1, -0.05) is 24.6 Å². The fraction of sp³-hybridized carbons (Fsp3) is 0.308. The number of amides is 1. The van der Waals surface area contributed by atoms with Crippen molar-refractivity contribution in [3.63, 3.8) is 0 Å². The number of aromatic nitrogens is 1. The van der Waals surface area contributed by atoms with Gasteiger partial charge < -0.3 is 10.4 Å². The van der Waals surface area contributed by atoms with Crippen LogP contribution in [0.3, 0.4) is 0 Å². The molecule has 2 unspecified atom stereocenters. The second-order valence-corrected chi connectivity index (χ2v) is 12.2. The van der Waals surface area contributed by atoms with Crippen LogP contribution in [0.15, 0.2) is 59.8 Å². The number of benzene rings is 2. The number of aliphatic hydroxyl groups is 1. The Morgan fingerprint density at radius 1 is 1.11 bits per heavy atom. The van der Waals surface area contributed by atoms with Crippen LogP contribution in [-0.4, -0.2) is 29.7 Å². The molecule has 2 N–H and O–H groups in total. The fourth-order valence-electron chi connectivity index (χ4n) is 5.84. The van der Waals surface area contributed by atoms with E-state index < -0.39 is 44.0 Å². The van der Waals surface area contributed by atoms with E-state index in [0.717, 1.165) is 6.07 Å². The first-order valence-corrected chi connectivity index (χ1v) is 13.5. The van der Waals surface area contributed by atoms with Gasteiger partial charge in [-0.05, 0) is 54.9 Å². The van der Waals surface area contributed by atoms with Crippen molar-refractivity contribution in [2.45, 2.75) is 35.5 Å². The lowest BCUT2D eigenvalue weighted by Gasteiger charge is -2.62. The summed E-state index contributed by atoms with van der Waals surface area (Å²) in [5, 5.41) is 12.8. The molecule has 0 radical (unpaired) electrons. The molecule has 6 rings (SSSR count). The molecule has 2 atom stereocenters. The van der Waals surface area contributed by atoms with Crippen molar-refractivity contribution in [2.24, 2.45) is 17.8 Å². The molecule has 6 nitrogen and oxygen atoms in total. The zero-order valence-corrected chi connectivity index (χ0v) is 21.0. The summed E-state index contributed by atoms with van der Waals surface area (Å²) < 4.78 is 67.5. The Kier molecular flexibility index (Phi) is 6.32. The van der Waals surface area contributed by atoms with Gasteiger partial charge in [0.25, 0.3) is 5.91 Å². The highest BCUT2D eigenvalue weighted by atomic mass is 35.5. The molecule has 3 saturated carbocycles. The molecule has 11 heteroatoms. The molecule has 3 aromatic rings. The highest BCUT2D eigenvalue weighted by Crippen LogP contribution is 2.63. The van der Waals surface area contributed by atoms with Crippen LogP contribution in [0.5, 0.6) is 0 Å². The summed E-state index contributed by atoms with van der Waals surface area (Å²) in [5.41, 5.74) is -0.958. The maximum Gasteiger partial charge on any atom is 0.255 e. The van der Waals surface area contributed by atoms with Crippen LogP contribution in [0, 0.1) is 35.2 Å². The molecule has 37 heavy (non-hydrogen) atoms. The minimum Gasteiger partial charge on any atom is -0.385 e. The third-order valence-electron chi connectivity index (χ3n) is 7.74. The van der Waals surface area contributed by atoms with Crippen molar-refractivity contribution in [2.75, 3.05) is 5.32 Å².